The first kappa shape index (κ1) is 18.4. The smallest absolute Gasteiger partial charge is 0.274 e. The van der Waals surface area contributed by atoms with Gasteiger partial charge in [-0.1, -0.05) is 38.1 Å². The zero-order valence-corrected chi connectivity index (χ0v) is 14.8. The number of nitrogens with zero attached hydrogens (tertiary/aromatic N) is 2. The SMILES string of the molecule is CC(C)c1ccccc1NC(=O)c1cc(Nc2c(F)cccc2F)ncn1. The van der Waals surface area contributed by atoms with Gasteiger partial charge in [-0.25, -0.2) is 18.7 Å². The Morgan fingerprint density at radius 2 is 1.70 bits per heavy atom. The van der Waals surface area contributed by atoms with Crippen molar-refractivity contribution >= 4 is 23.1 Å². The van der Waals surface area contributed by atoms with Crippen molar-refractivity contribution in [1.29, 1.82) is 0 Å². The van der Waals surface area contributed by atoms with Gasteiger partial charge >= 0.3 is 0 Å². The number of anilines is 3. The van der Waals surface area contributed by atoms with Crippen molar-refractivity contribution in [1.82, 2.24) is 9.97 Å². The molecule has 0 aliphatic heterocycles. The van der Waals surface area contributed by atoms with Crippen LogP contribution in [0.1, 0.15) is 35.8 Å². The van der Waals surface area contributed by atoms with E-state index in [9.17, 15) is 13.6 Å². The fraction of sp³-hybridized carbons (Fsp3) is 0.150. The molecule has 1 amide bonds. The maximum atomic E-state index is 13.8. The molecule has 27 heavy (non-hydrogen) atoms. The van der Waals surface area contributed by atoms with Crippen LogP contribution in [0, 0.1) is 11.6 Å². The topological polar surface area (TPSA) is 66.9 Å². The van der Waals surface area contributed by atoms with Gasteiger partial charge in [0, 0.05) is 11.8 Å². The second-order valence-electron chi connectivity index (χ2n) is 6.21. The van der Waals surface area contributed by atoms with Gasteiger partial charge in [0.15, 0.2) is 0 Å². The van der Waals surface area contributed by atoms with Crippen LogP contribution in [0.4, 0.5) is 26.0 Å². The largest absolute Gasteiger partial charge is 0.335 e. The molecule has 0 unspecified atom stereocenters. The van der Waals surface area contributed by atoms with Crippen LogP contribution in [0.25, 0.3) is 0 Å². The Morgan fingerprint density at radius 1 is 1.00 bits per heavy atom. The Kier molecular flexibility index (Phi) is 5.40. The van der Waals surface area contributed by atoms with Crippen LogP contribution >= 0.6 is 0 Å². The van der Waals surface area contributed by atoms with Crippen molar-refractivity contribution < 1.29 is 13.6 Å². The van der Waals surface area contributed by atoms with Crippen molar-refractivity contribution in [2.75, 3.05) is 10.6 Å². The Bertz CT molecular complexity index is 955. The highest BCUT2D eigenvalue weighted by molar-refractivity contribution is 6.03. The molecule has 7 heteroatoms. The summed E-state index contributed by atoms with van der Waals surface area (Å²) in [4.78, 5) is 20.4. The van der Waals surface area contributed by atoms with E-state index in [0.717, 1.165) is 24.0 Å². The van der Waals surface area contributed by atoms with E-state index in [2.05, 4.69) is 20.6 Å². The molecule has 2 N–H and O–H groups in total. The summed E-state index contributed by atoms with van der Waals surface area (Å²) in [5.41, 5.74) is 1.41. The molecular weight excluding hydrogens is 350 g/mol. The van der Waals surface area contributed by atoms with Crippen LogP contribution in [0.3, 0.4) is 0 Å². The number of carbonyl (C=O) groups excluding carboxylic acids is 1. The average Bonchev–Trinajstić information content (AvgIpc) is 2.65. The van der Waals surface area contributed by atoms with Crippen molar-refractivity contribution in [2.45, 2.75) is 19.8 Å². The number of rotatable bonds is 5. The van der Waals surface area contributed by atoms with Crippen LogP contribution in [0.2, 0.25) is 0 Å². The number of halogens is 2. The molecule has 0 atom stereocenters. The predicted molar refractivity (Wildman–Crippen MR) is 100 cm³/mol. The molecular formula is C20H18F2N4O. The van der Waals surface area contributed by atoms with Crippen LogP contribution in [0.5, 0.6) is 0 Å². The second kappa shape index (κ2) is 7.90. The molecule has 0 bridgehead atoms. The quantitative estimate of drug-likeness (QED) is 0.674. The molecule has 0 aliphatic rings. The molecule has 1 heterocycles. The number of carbonyl (C=O) groups is 1. The molecule has 0 spiro atoms. The highest BCUT2D eigenvalue weighted by atomic mass is 19.1. The minimum atomic E-state index is -0.759. The number of para-hydroxylation sites is 2. The van der Waals surface area contributed by atoms with Crippen LogP contribution in [-0.2, 0) is 0 Å². The lowest BCUT2D eigenvalue weighted by atomic mass is 10.0. The molecule has 3 rings (SSSR count). The van der Waals surface area contributed by atoms with Gasteiger partial charge in [-0.15, -0.1) is 0 Å². The van der Waals surface area contributed by atoms with Crippen molar-refractivity contribution in [3.63, 3.8) is 0 Å². The van der Waals surface area contributed by atoms with E-state index in [-0.39, 0.29) is 23.1 Å². The molecule has 138 valence electrons. The average molecular weight is 368 g/mol. The van der Waals surface area contributed by atoms with Crippen LogP contribution in [-0.4, -0.2) is 15.9 Å². The van der Waals surface area contributed by atoms with E-state index in [4.69, 9.17) is 0 Å². The Morgan fingerprint density at radius 3 is 2.41 bits per heavy atom. The third-order valence-corrected chi connectivity index (χ3v) is 3.95. The van der Waals surface area contributed by atoms with Gasteiger partial charge < -0.3 is 10.6 Å². The summed E-state index contributed by atoms with van der Waals surface area (Å²) < 4.78 is 27.6. The lowest BCUT2D eigenvalue weighted by molar-refractivity contribution is 0.102. The van der Waals surface area contributed by atoms with E-state index >= 15 is 0 Å². The molecule has 0 aliphatic carbocycles. The first-order valence-electron chi connectivity index (χ1n) is 8.39. The number of amides is 1. The lowest BCUT2D eigenvalue weighted by Crippen LogP contribution is -2.16. The molecule has 0 radical (unpaired) electrons. The number of nitrogens with one attached hydrogen (secondary N) is 2. The number of benzene rings is 2. The summed E-state index contributed by atoms with van der Waals surface area (Å²) in [6, 6.07) is 12.3. The van der Waals surface area contributed by atoms with Gasteiger partial charge in [0.25, 0.3) is 5.91 Å². The zero-order chi connectivity index (χ0) is 19.4. The second-order valence-corrected chi connectivity index (χ2v) is 6.21. The normalized spacial score (nSPS) is 10.7. The number of hydrogen-bond acceptors (Lipinski definition) is 4. The zero-order valence-electron chi connectivity index (χ0n) is 14.8. The Balaban J connectivity index is 1.82. The minimum Gasteiger partial charge on any atom is -0.335 e. The molecule has 0 saturated heterocycles. The van der Waals surface area contributed by atoms with Gasteiger partial charge in [-0.2, -0.15) is 0 Å². The third kappa shape index (κ3) is 4.25. The van der Waals surface area contributed by atoms with E-state index in [1.54, 1.807) is 0 Å². The maximum Gasteiger partial charge on any atom is 0.274 e. The molecule has 0 fully saturated rings. The van der Waals surface area contributed by atoms with E-state index in [1.807, 2.05) is 38.1 Å². The van der Waals surface area contributed by atoms with E-state index < -0.39 is 17.5 Å². The highest BCUT2D eigenvalue weighted by Crippen LogP contribution is 2.25. The van der Waals surface area contributed by atoms with Crippen LogP contribution < -0.4 is 10.6 Å². The Labute approximate surface area is 155 Å². The highest BCUT2D eigenvalue weighted by Gasteiger charge is 2.14. The maximum absolute atomic E-state index is 13.8. The number of aromatic nitrogens is 2. The molecule has 2 aromatic carbocycles. The molecule has 1 aromatic heterocycles. The molecule has 5 nitrogen and oxygen atoms in total. The Hall–Kier alpha value is -3.35. The fourth-order valence-corrected chi connectivity index (χ4v) is 2.60. The minimum absolute atomic E-state index is 0.0720. The van der Waals surface area contributed by atoms with Gasteiger partial charge in [-0.05, 0) is 29.7 Å². The first-order chi connectivity index (χ1) is 13.0. The van der Waals surface area contributed by atoms with E-state index in [1.165, 1.54) is 12.1 Å². The van der Waals surface area contributed by atoms with Crippen LogP contribution in [0.15, 0.2) is 54.9 Å². The molecule has 3 aromatic rings. The summed E-state index contributed by atoms with van der Waals surface area (Å²) in [6.45, 7) is 4.06. The van der Waals surface area contributed by atoms with Gasteiger partial charge in [-0.3, -0.25) is 4.79 Å². The predicted octanol–water partition coefficient (Wildman–Crippen LogP) is 4.87. The van der Waals surface area contributed by atoms with Crippen molar-refractivity contribution in [2.24, 2.45) is 0 Å². The summed E-state index contributed by atoms with van der Waals surface area (Å²) in [5.74, 6) is -1.62. The fourth-order valence-electron chi connectivity index (χ4n) is 2.60. The van der Waals surface area contributed by atoms with Gasteiger partial charge in [0.1, 0.15) is 35.2 Å². The van der Waals surface area contributed by atoms with Gasteiger partial charge in [0.05, 0.1) is 0 Å². The monoisotopic (exact) mass is 368 g/mol. The van der Waals surface area contributed by atoms with Crippen molar-refractivity contribution in [3.05, 3.63) is 77.8 Å². The summed E-state index contributed by atoms with van der Waals surface area (Å²) >= 11 is 0. The van der Waals surface area contributed by atoms with Gasteiger partial charge in [0.2, 0.25) is 0 Å². The summed E-state index contributed by atoms with van der Waals surface area (Å²) in [5, 5.41) is 5.36. The molecule has 0 saturated carbocycles. The van der Waals surface area contributed by atoms with E-state index in [0.29, 0.717) is 5.69 Å². The number of hydrogen-bond donors (Lipinski definition) is 2. The summed E-state index contributed by atoms with van der Waals surface area (Å²) in [7, 11) is 0. The summed E-state index contributed by atoms with van der Waals surface area (Å²) in [6.07, 6.45) is 1.16. The first-order valence-corrected chi connectivity index (χ1v) is 8.39. The van der Waals surface area contributed by atoms with Crippen molar-refractivity contribution in [3.8, 4) is 0 Å². The third-order valence-electron chi connectivity index (χ3n) is 3.95. The standard InChI is InChI=1S/C20H18F2N4O/c1-12(2)13-6-3-4-9-16(13)25-20(27)17-10-18(24-11-23-17)26-19-14(21)7-5-8-15(19)22/h3-12H,1-2H3,(H,25,27)(H,23,24,26). The lowest BCUT2D eigenvalue weighted by Gasteiger charge is -2.13.